The van der Waals surface area contributed by atoms with Crippen LogP contribution in [0.2, 0.25) is 0 Å². The van der Waals surface area contributed by atoms with Gasteiger partial charge in [-0.25, -0.2) is 0 Å². The summed E-state index contributed by atoms with van der Waals surface area (Å²) in [6.07, 6.45) is 5.63. The summed E-state index contributed by atoms with van der Waals surface area (Å²) in [7, 11) is 1.19. The smallest absolute Gasteiger partial charge is 0.0235 e. The van der Waals surface area contributed by atoms with E-state index in [0.717, 1.165) is 11.3 Å². The van der Waals surface area contributed by atoms with Crippen LogP contribution in [-0.2, 0) is 0 Å². The summed E-state index contributed by atoms with van der Waals surface area (Å²) in [5.41, 5.74) is 1.95. The van der Waals surface area contributed by atoms with Gasteiger partial charge < -0.3 is 0 Å². The number of hydrogen-bond acceptors (Lipinski definition) is 0. The Labute approximate surface area is 73.9 Å². The Hall–Kier alpha value is 0.430. The van der Waals surface area contributed by atoms with E-state index in [1.165, 1.54) is 34.3 Å². The molecule has 0 nitrogen and oxygen atoms in total. The molecule has 1 atom stereocenters. The molecule has 0 bridgehead atoms. The van der Waals surface area contributed by atoms with Crippen molar-refractivity contribution < 1.29 is 0 Å². The molecule has 11 heavy (non-hydrogen) atoms. The molecule has 0 aromatic heterocycles. The van der Waals surface area contributed by atoms with Gasteiger partial charge >= 0.3 is 0 Å². The molecule has 0 spiro atoms. The molecule has 0 amide bonds. The summed E-state index contributed by atoms with van der Waals surface area (Å²) in [6, 6.07) is 0. The van der Waals surface area contributed by atoms with Gasteiger partial charge in [0.1, 0.15) is 0 Å². The molecule has 0 aliphatic carbocycles. The highest BCUT2D eigenvalue weighted by Crippen LogP contribution is 2.31. The molecule has 0 aliphatic heterocycles. The molecule has 0 heterocycles. The first-order valence-electron chi connectivity index (χ1n) is 4.96. The lowest BCUT2D eigenvalue weighted by molar-refractivity contribution is 0.665. The van der Waals surface area contributed by atoms with E-state index < -0.39 is 0 Å². The Morgan fingerprint density at radius 3 is 1.73 bits per heavy atom. The van der Waals surface area contributed by atoms with Crippen LogP contribution in [0.5, 0.6) is 0 Å². The minimum atomic E-state index is 0.915. The van der Waals surface area contributed by atoms with Crippen LogP contribution in [0.4, 0.5) is 0 Å². The fraction of sp³-hybridized carbons (Fsp3) is 1.00. The minimum absolute atomic E-state index is 0.915. The maximum Gasteiger partial charge on any atom is -0.0235 e. The third kappa shape index (κ3) is 6.81. The summed E-state index contributed by atoms with van der Waals surface area (Å²) in [5, 5.41) is 0. The van der Waals surface area contributed by atoms with Gasteiger partial charge in [-0.3, -0.25) is 0 Å². The van der Waals surface area contributed by atoms with E-state index >= 15 is 0 Å². The molecule has 0 N–H and O–H groups in total. The third-order valence-corrected chi connectivity index (χ3v) is 3.56. The average molecular weight is 174 g/mol. The standard InChI is InChI=1S/C10H23P/c1-5-7-10(8-6-2)11-9(3)4/h9-11H,5-8H2,1-4H3. The van der Waals surface area contributed by atoms with Crippen LogP contribution in [0.25, 0.3) is 0 Å². The van der Waals surface area contributed by atoms with E-state index in [2.05, 4.69) is 27.7 Å². The van der Waals surface area contributed by atoms with Gasteiger partial charge in [0.25, 0.3) is 0 Å². The van der Waals surface area contributed by atoms with Crippen molar-refractivity contribution >= 4 is 8.58 Å². The molecule has 0 saturated heterocycles. The van der Waals surface area contributed by atoms with Gasteiger partial charge in [0.2, 0.25) is 0 Å². The lowest BCUT2D eigenvalue weighted by Crippen LogP contribution is -2.03. The highest BCUT2D eigenvalue weighted by Gasteiger charge is 2.07. The van der Waals surface area contributed by atoms with Gasteiger partial charge in [-0.1, -0.05) is 40.5 Å². The topological polar surface area (TPSA) is 0 Å². The summed E-state index contributed by atoms with van der Waals surface area (Å²) in [4.78, 5) is 0. The lowest BCUT2D eigenvalue weighted by Gasteiger charge is -2.17. The highest BCUT2D eigenvalue weighted by atomic mass is 31.1. The van der Waals surface area contributed by atoms with E-state index in [1.807, 2.05) is 0 Å². The van der Waals surface area contributed by atoms with E-state index in [-0.39, 0.29) is 0 Å². The molecule has 0 saturated carbocycles. The van der Waals surface area contributed by atoms with Crippen LogP contribution in [0, 0.1) is 0 Å². The van der Waals surface area contributed by atoms with E-state index in [9.17, 15) is 0 Å². The Balaban J connectivity index is 3.50. The zero-order chi connectivity index (χ0) is 8.69. The SMILES string of the molecule is CCCC(CCC)PC(C)C. The van der Waals surface area contributed by atoms with Crippen molar-refractivity contribution in [3.63, 3.8) is 0 Å². The molecule has 0 radical (unpaired) electrons. The first-order valence-corrected chi connectivity index (χ1v) is 6.12. The summed E-state index contributed by atoms with van der Waals surface area (Å²) < 4.78 is 0. The van der Waals surface area contributed by atoms with Gasteiger partial charge in [-0.15, -0.1) is 8.58 Å². The van der Waals surface area contributed by atoms with Gasteiger partial charge in [0.15, 0.2) is 0 Å². The van der Waals surface area contributed by atoms with E-state index in [0.29, 0.717) is 0 Å². The highest BCUT2D eigenvalue weighted by molar-refractivity contribution is 7.39. The molecule has 1 unspecified atom stereocenters. The Morgan fingerprint density at radius 2 is 1.45 bits per heavy atom. The van der Waals surface area contributed by atoms with Gasteiger partial charge in [-0.05, 0) is 24.2 Å². The zero-order valence-corrected chi connectivity index (χ0v) is 9.48. The summed E-state index contributed by atoms with van der Waals surface area (Å²) in [5.74, 6) is 0. The number of rotatable bonds is 6. The zero-order valence-electron chi connectivity index (χ0n) is 8.48. The van der Waals surface area contributed by atoms with Crippen LogP contribution < -0.4 is 0 Å². The van der Waals surface area contributed by atoms with Crippen molar-refractivity contribution in [2.75, 3.05) is 0 Å². The van der Waals surface area contributed by atoms with Gasteiger partial charge in [0.05, 0.1) is 0 Å². The quantitative estimate of drug-likeness (QED) is 0.533. The predicted octanol–water partition coefficient (Wildman–Crippen LogP) is 4.04. The second-order valence-corrected chi connectivity index (χ2v) is 5.90. The fourth-order valence-corrected chi connectivity index (χ4v) is 3.33. The van der Waals surface area contributed by atoms with Crippen molar-refractivity contribution in [1.82, 2.24) is 0 Å². The second kappa shape index (κ2) is 7.10. The predicted molar refractivity (Wildman–Crippen MR) is 57.1 cm³/mol. The van der Waals surface area contributed by atoms with Gasteiger partial charge in [-0.2, -0.15) is 0 Å². The summed E-state index contributed by atoms with van der Waals surface area (Å²) in [6.45, 7) is 9.29. The van der Waals surface area contributed by atoms with Crippen LogP contribution in [0.1, 0.15) is 53.4 Å². The van der Waals surface area contributed by atoms with Crippen molar-refractivity contribution in [1.29, 1.82) is 0 Å². The Kier molecular flexibility index (Phi) is 7.38. The molecule has 0 aromatic carbocycles. The van der Waals surface area contributed by atoms with Crippen LogP contribution in [0.3, 0.4) is 0 Å². The van der Waals surface area contributed by atoms with Crippen molar-refractivity contribution in [2.24, 2.45) is 0 Å². The van der Waals surface area contributed by atoms with Gasteiger partial charge in [0, 0.05) is 0 Å². The van der Waals surface area contributed by atoms with Crippen LogP contribution >= 0.6 is 8.58 Å². The first kappa shape index (κ1) is 11.4. The van der Waals surface area contributed by atoms with Crippen LogP contribution in [0.15, 0.2) is 0 Å². The Morgan fingerprint density at radius 1 is 1.00 bits per heavy atom. The first-order chi connectivity index (χ1) is 5.20. The normalized spacial score (nSPS) is 12.5. The van der Waals surface area contributed by atoms with Crippen LogP contribution in [-0.4, -0.2) is 11.3 Å². The molecule has 68 valence electrons. The molecule has 0 fully saturated rings. The number of hydrogen-bond donors (Lipinski definition) is 0. The lowest BCUT2D eigenvalue weighted by atomic mass is 10.2. The maximum atomic E-state index is 2.34. The van der Waals surface area contributed by atoms with E-state index in [1.54, 1.807) is 0 Å². The molecular formula is C10H23P. The second-order valence-electron chi connectivity index (χ2n) is 3.60. The maximum absolute atomic E-state index is 2.34. The largest absolute Gasteiger partial charge is 0.116 e. The molecule has 0 aliphatic rings. The van der Waals surface area contributed by atoms with Crippen molar-refractivity contribution in [3.05, 3.63) is 0 Å². The molecular weight excluding hydrogens is 151 g/mol. The fourth-order valence-electron chi connectivity index (χ4n) is 1.48. The monoisotopic (exact) mass is 174 g/mol. The minimum Gasteiger partial charge on any atom is -0.116 e. The molecule has 0 rings (SSSR count). The van der Waals surface area contributed by atoms with Crippen molar-refractivity contribution in [2.45, 2.75) is 64.7 Å². The Bertz CT molecular complexity index is 72.9. The molecule has 0 aromatic rings. The van der Waals surface area contributed by atoms with Crippen molar-refractivity contribution in [3.8, 4) is 0 Å². The van der Waals surface area contributed by atoms with E-state index in [4.69, 9.17) is 0 Å². The third-order valence-electron chi connectivity index (χ3n) is 1.84. The average Bonchev–Trinajstić information content (AvgIpc) is 1.87. The summed E-state index contributed by atoms with van der Waals surface area (Å²) >= 11 is 0. The molecule has 1 heteroatoms.